The number of benzene rings is 2. The third kappa shape index (κ3) is 6.08. The SMILES string of the molecule is CCOC(=O)C1=C(C)N=c2s/c(=C\c3cccc(OCc4ccc(C(=O)OCC)cc4)c3)c(=O)n2[C@H]1c1cccs1. The third-order valence-corrected chi connectivity index (χ3v) is 8.26. The minimum atomic E-state index is -0.600. The molecule has 2 aromatic carbocycles. The number of hydrogen-bond donors (Lipinski definition) is 0. The summed E-state index contributed by atoms with van der Waals surface area (Å²) in [4.78, 5) is 44.5. The Morgan fingerprint density at radius 1 is 1.00 bits per heavy atom. The van der Waals surface area contributed by atoms with Crippen LogP contribution in [0.1, 0.15) is 53.2 Å². The first-order chi connectivity index (χ1) is 19.9. The summed E-state index contributed by atoms with van der Waals surface area (Å²) in [5.74, 6) is -0.188. The van der Waals surface area contributed by atoms with Crippen molar-refractivity contribution in [2.45, 2.75) is 33.4 Å². The summed E-state index contributed by atoms with van der Waals surface area (Å²) in [5, 5.41) is 1.92. The molecule has 2 aromatic heterocycles. The van der Waals surface area contributed by atoms with Gasteiger partial charge in [-0.1, -0.05) is 41.7 Å². The van der Waals surface area contributed by atoms with Crippen molar-refractivity contribution >= 4 is 40.7 Å². The monoisotopic (exact) mass is 588 g/mol. The summed E-state index contributed by atoms with van der Waals surface area (Å²) in [5.41, 5.74) is 2.87. The van der Waals surface area contributed by atoms with Crippen molar-refractivity contribution in [3.05, 3.63) is 119 Å². The van der Waals surface area contributed by atoms with Gasteiger partial charge in [-0.05, 0) is 73.7 Å². The Morgan fingerprint density at radius 3 is 2.46 bits per heavy atom. The fourth-order valence-electron chi connectivity index (χ4n) is 4.47. The van der Waals surface area contributed by atoms with E-state index in [9.17, 15) is 14.4 Å². The van der Waals surface area contributed by atoms with Gasteiger partial charge in [0.05, 0.1) is 34.6 Å². The van der Waals surface area contributed by atoms with Gasteiger partial charge in [0.25, 0.3) is 5.56 Å². The van der Waals surface area contributed by atoms with E-state index < -0.39 is 12.0 Å². The highest BCUT2D eigenvalue weighted by molar-refractivity contribution is 7.10. The van der Waals surface area contributed by atoms with E-state index in [2.05, 4.69) is 4.99 Å². The van der Waals surface area contributed by atoms with Gasteiger partial charge in [0.15, 0.2) is 4.80 Å². The molecule has 1 aliphatic heterocycles. The Hall–Kier alpha value is -4.28. The number of thiazole rings is 1. The maximum Gasteiger partial charge on any atom is 0.338 e. The molecule has 4 aromatic rings. The number of thiophene rings is 1. The number of rotatable bonds is 9. The molecule has 0 radical (unpaired) electrons. The van der Waals surface area contributed by atoms with Gasteiger partial charge in [-0.25, -0.2) is 14.6 Å². The molecule has 8 nitrogen and oxygen atoms in total. The molecule has 0 N–H and O–H groups in total. The molecule has 0 unspecified atom stereocenters. The number of carbonyl (C=O) groups is 2. The molecule has 1 atom stereocenters. The Kier molecular flexibility index (Phi) is 8.61. The Bertz CT molecular complexity index is 1780. The van der Waals surface area contributed by atoms with Gasteiger partial charge in [0.2, 0.25) is 0 Å². The van der Waals surface area contributed by atoms with Crippen molar-refractivity contribution in [2.75, 3.05) is 13.2 Å². The quantitative estimate of drug-likeness (QED) is 0.265. The van der Waals surface area contributed by atoms with E-state index in [0.29, 0.717) is 45.1 Å². The zero-order valence-corrected chi connectivity index (χ0v) is 24.4. The maximum absolute atomic E-state index is 13.7. The van der Waals surface area contributed by atoms with Crippen LogP contribution in [0.2, 0.25) is 0 Å². The molecule has 41 heavy (non-hydrogen) atoms. The number of nitrogens with zero attached hydrogens (tertiary/aromatic N) is 2. The molecule has 1 aliphatic rings. The van der Waals surface area contributed by atoms with Crippen LogP contribution in [0.3, 0.4) is 0 Å². The third-order valence-electron chi connectivity index (χ3n) is 6.36. The van der Waals surface area contributed by atoms with Crippen LogP contribution in [0.5, 0.6) is 5.75 Å². The van der Waals surface area contributed by atoms with Gasteiger partial charge in [0, 0.05) is 4.88 Å². The Labute approximate surface area is 244 Å². The second-order valence-corrected chi connectivity index (χ2v) is 11.1. The average molecular weight is 589 g/mol. The highest BCUT2D eigenvalue weighted by Crippen LogP contribution is 2.33. The van der Waals surface area contributed by atoms with Crippen LogP contribution in [-0.4, -0.2) is 29.7 Å². The molecule has 5 rings (SSSR count). The molecule has 210 valence electrons. The second-order valence-electron chi connectivity index (χ2n) is 9.10. The van der Waals surface area contributed by atoms with Crippen LogP contribution in [0.25, 0.3) is 6.08 Å². The van der Waals surface area contributed by atoms with E-state index in [-0.39, 0.29) is 18.1 Å². The topological polar surface area (TPSA) is 96.2 Å². The number of ether oxygens (including phenoxy) is 3. The van der Waals surface area contributed by atoms with Crippen LogP contribution in [0.4, 0.5) is 0 Å². The van der Waals surface area contributed by atoms with Crippen molar-refractivity contribution < 1.29 is 23.8 Å². The summed E-state index contributed by atoms with van der Waals surface area (Å²) >= 11 is 2.76. The normalized spacial score (nSPS) is 14.8. The lowest BCUT2D eigenvalue weighted by atomic mass is 10.0. The van der Waals surface area contributed by atoms with Gasteiger partial charge < -0.3 is 14.2 Å². The lowest BCUT2D eigenvalue weighted by molar-refractivity contribution is -0.139. The molecular formula is C31H28N2O6S2. The predicted molar refractivity (Wildman–Crippen MR) is 158 cm³/mol. The van der Waals surface area contributed by atoms with Gasteiger partial charge in [-0.3, -0.25) is 9.36 Å². The van der Waals surface area contributed by atoms with Crippen LogP contribution in [0, 0.1) is 0 Å². The summed E-state index contributed by atoms with van der Waals surface area (Å²) in [7, 11) is 0. The smallest absolute Gasteiger partial charge is 0.338 e. The fourth-order valence-corrected chi connectivity index (χ4v) is 6.34. The molecule has 0 aliphatic carbocycles. The van der Waals surface area contributed by atoms with Crippen LogP contribution in [0.15, 0.2) is 87.1 Å². The first kappa shape index (κ1) is 28.3. The van der Waals surface area contributed by atoms with Gasteiger partial charge in [-0.15, -0.1) is 11.3 Å². The van der Waals surface area contributed by atoms with Crippen LogP contribution in [-0.2, 0) is 20.9 Å². The minimum Gasteiger partial charge on any atom is -0.489 e. The molecule has 0 spiro atoms. The number of aromatic nitrogens is 1. The van der Waals surface area contributed by atoms with E-state index >= 15 is 0 Å². The van der Waals surface area contributed by atoms with Crippen LogP contribution >= 0.6 is 22.7 Å². The number of fused-ring (bicyclic) bond motifs is 1. The largest absolute Gasteiger partial charge is 0.489 e. The standard InChI is InChI=1S/C31H28N2O6S2/c1-4-37-29(35)22-13-11-20(12-14-22)18-39-23-9-6-8-21(16-23)17-25-28(34)33-27(24-10-7-15-40-24)26(30(36)38-5-2)19(3)32-31(33)41-25/h6-17,27H,4-5,18H2,1-3H3/b25-17-/t27-/m0/s1. The number of esters is 2. The molecule has 0 saturated heterocycles. The molecule has 3 heterocycles. The highest BCUT2D eigenvalue weighted by atomic mass is 32.1. The van der Waals surface area contributed by atoms with Gasteiger partial charge in [0.1, 0.15) is 18.4 Å². The van der Waals surface area contributed by atoms with E-state index in [0.717, 1.165) is 16.0 Å². The molecule has 0 amide bonds. The average Bonchev–Trinajstić information content (AvgIpc) is 3.60. The van der Waals surface area contributed by atoms with E-state index in [1.165, 1.54) is 22.7 Å². The lowest BCUT2D eigenvalue weighted by Crippen LogP contribution is -2.39. The molecule has 0 saturated carbocycles. The van der Waals surface area contributed by atoms with E-state index in [1.54, 1.807) is 43.5 Å². The minimum absolute atomic E-state index is 0.227. The fraction of sp³-hybridized carbons (Fsp3) is 0.226. The van der Waals surface area contributed by atoms with E-state index in [1.807, 2.05) is 53.9 Å². The summed E-state index contributed by atoms with van der Waals surface area (Å²) < 4.78 is 18.4. The zero-order chi connectivity index (χ0) is 28.9. The van der Waals surface area contributed by atoms with Gasteiger partial charge >= 0.3 is 11.9 Å². The van der Waals surface area contributed by atoms with Gasteiger partial charge in [-0.2, -0.15) is 0 Å². The zero-order valence-electron chi connectivity index (χ0n) is 22.8. The Balaban J connectivity index is 1.42. The number of hydrogen-bond acceptors (Lipinski definition) is 9. The molecule has 0 fully saturated rings. The summed E-state index contributed by atoms with van der Waals surface area (Å²) in [6.07, 6.45) is 1.81. The van der Waals surface area contributed by atoms with Crippen molar-refractivity contribution in [2.24, 2.45) is 4.99 Å². The van der Waals surface area contributed by atoms with Crippen molar-refractivity contribution in [1.29, 1.82) is 0 Å². The van der Waals surface area contributed by atoms with E-state index in [4.69, 9.17) is 14.2 Å². The predicted octanol–water partition coefficient (Wildman–Crippen LogP) is 4.62. The second kappa shape index (κ2) is 12.5. The number of carbonyl (C=O) groups excluding carboxylic acids is 2. The Morgan fingerprint density at radius 2 is 1.76 bits per heavy atom. The van der Waals surface area contributed by atoms with Crippen molar-refractivity contribution in [3.8, 4) is 5.75 Å². The lowest BCUT2D eigenvalue weighted by Gasteiger charge is -2.23. The summed E-state index contributed by atoms with van der Waals surface area (Å²) in [6, 6.07) is 17.7. The van der Waals surface area contributed by atoms with Crippen molar-refractivity contribution in [3.63, 3.8) is 0 Å². The summed E-state index contributed by atoms with van der Waals surface area (Å²) in [6.45, 7) is 6.16. The number of allylic oxidation sites excluding steroid dienone is 1. The maximum atomic E-state index is 13.7. The first-order valence-corrected chi connectivity index (χ1v) is 14.8. The van der Waals surface area contributed by atoms with Crippen LogP contribution < -0.4 is 19.6 Å². The molecular weight excluding hydrogens is 560 g/mol. The first-order valence-electron chi connectivity index (χ1n) is 13.1. The van der Waals surface area contributed by atoms with Crippen molar-refractivity contribution in [1.82, 2.24) is 4.57 Å². The molecule has 0 bridgehead atoms. The highest BCUT2D eigenvalue weighted by Gasteiger charge is 2.33. The molecule has 10 heteroatoms.